The molecule has 12 heteroatoms. The Kier molecular flexibility index (Phi) is 6.88. The molecular formula is C24H19ClF3N3O3S2. The number of aromatic nitrogens is 2. The Balaban J connectivity index is 1.42. The van der Waals surface area contributed by atoms with E-state index in [0.717, 1.165) is 55.1 Å². The number of nitrogens with one attached hydrogen (secondary N) is 1. The third-order valence-electron chi connectivity index (χ3n) is 5.82. The highest BCUT2D eigenvalue weighted by molar-refractivity contribution is 7.99. The fourth-order valence-electron chi connectivity index (χ4n) is 4.18. The Labute approximate surface area is 216 Å². The lowest BCUT2D eigenvalue weighted by Crippen LogP contribution is -2.25. The summed E-state index contributed by atoms with van der Waals surface area (Å²) in [6.45, 7) is 0.148. The van der Waals surface area contributed by atoms with Crippen LogP contribution in [0.15, 0.2) is 51.0 Å². The number of thiophene rings is 1. The van der Waals surface area contributed by atoms with Crippen molar-refractivity contribution in [3.05, 3.63) is 73.7 Å². The first-order chi connectivity index (χ1) is 17.2. The highest BCUT2D eigenvalue weighted by Crippen LogP contribution is 2.37. The predicted molar refractivity (Wildman–Crippen MR) is 134 cm³/mol. The van der Waals surface area contributed by atoms with Gasteiger partial charge in [-0.25, -0.2) is 4.98 Å². The number of halogens is 4. The molecule has 1 N–H and O–H groups in total. The van der Waals surface area contributed by atoms with Crippen LogP contribution in [0.5, 0.6) is 0 Å². The summed E-state index contributed by atoms with van der Waals surface area (Å²) in [5.74, 6) is -0.139. The number of amides is 1. The maximum atomic E-state index is 13.6. The van der Waals surface area contributed by atoms with E-state index in [9.17, 15) is 22.8 Å². The number of nitrogens with zero attached hydrogens (tertiary/aromatic N) is 2. The van der Waals surface area contributed by atoms with Gasteiger partial charge in [-0.15, -0.1) is 11.3 Å². The highest BCUT2D eigenvalue weighted by Gasteiger charge is 2.33. The minimum absolute atomic E-state index is 0.0281. The van der Waals surface area contributed by atoms with Gasteiger partial charge < -0.3 is 9.73 Å². The van der Waals surface area contributed by atoms with Gasteiger partial charge in [0, 0.05) is 10.6 Å². The van der Waals surface area contributed by atoms with Gasteiger partial charge in [0.25, 0.3) is 5.56 Å². The van der Waals surface area contributed by atoms with E-state index in [1.54, 1.807) is 12.1 Å². The van der Waals surface area contributed by atoms with Crippen LogP contribution in [-0.2, 0) is 30.4 Å². The van der Waals surface area contributed by atoms with Gasteiger partial charge in [-0.1, -0.05) is 23.4 Å². The quantitative estimate of drug-likeness (QED) is 0.221. The number of aryl methyl sites for hydroxylation is 2. The molecule has 36 heavy (non-hydrogen) atoms. The van der Waals surface area contributed by atoms with Crippen LogP contribution in [0.3, 0.4) is 0 Å². The molecule has 0 radical (unpaired) electrons. The molecule has 1 aliphatic rings. The number of alkyl halides is 3. The van der Waals surface area contributed by atoms with Crippen molar-refractivity contribution >= 4 is 56.5 Å². The Morgan fingerprint density at radius 1 is 1.25 bits per heavy atom. The second-order valence-corrected chi connectivity index (χ2v) is 10.7. The summed E-state index contributed by atoms with van der Waals surface area (Å²) < 4.78 is 46.3. The monoisotopic (exact) mass is 553 g/mol. The number of hydrogen-bond acceptors (Lipinski definition) is 6. The maximum Gasteiger partial charge on any atom is 0.417 e. The van der Waals surface area contributed by atoms with Gasteiger partial charge >= 0.3 is 6.18 Å². The molecule has 3 aromatic heterocycles. The Morgan fingerprint density at radius 2 is 2.06 bits per heavy atom. The van der Waals surface area contributed by atoms with E-state index < -0.39 is 22.7 Å². The molecule has 0 saturated heterocycles. The molecule has 1 amide bonds. The van der Waals surface area contributed by atoms with Gasteiger partial charge in [0.05, 0.1) is 34.5 Å². The summed E-state index contributed by atoms with van der Waals surface area (Å²) >= 11 is 8.20. The maximum absolute atomic E-state index is 13.6. The van der Waals surface area contributed by atoms with Crippen LogP contribution < -0.4 is 10.9 Å². The van der Waals surface area contributed by atoms with E-state index in [-0.39, 0.29) is 23.5 Å². The zero-order valence-corrected chi connectivity index (χ0v) is 21.0. The lowest BCUT2D eigenvalue weighted by Gasteiger charge is -2.13. The number of carbonyl (C=O) groups excluding carboxylic acids is 1. The number of hydrogen-bond donors (Lipinski definition) is 1. The first-order valence-electron chi connectivity index (χ1n) is 11.1. The Morgan fingerprint density at radius 3 is 2.81 bits per heavy atom. The minimum Gasteiger partial charge on any atom is -0.467 e. The van der Waals surface area contributed by atoms with E-state index in [1.165, 1.54) is 33.1 Å². The summed E-state index contributed by atoms with van der Waals surface area (Å²) in [4.78, 5) is 32.7. The van der Waals surface area contributed by atoms with Crippen LogP contribution in [-0.4, -0.2) is 21.2 Å². The summed E-state index contributed by atoms with van der Waals surface area (Å²) in [6, 6.07) is 6.65. The lowest BCUT2D eigenvalue weighted by atomic mass is 9.97. The summed E-state index contributed by atoms with van der Waals surface area (Å²) in [7, 11) is 0. The van der Waals surface area contributed by atoms with E-state index >= 15 is 0 Å². The van der Waals surface area contributed by atoms with Crippen molar-refractivity contribution in [1.82, 2.24) is 9.55 Å². The molecule has 0 fully saturated rings. The Hall–Kier alpha value is -2.76. The summed E-state index contributed by atoms with van der Waals surface area (Å²) in [6.07, 6.45) is 0.716. The van der Waals surface area contributed by atoms with Crippen LogP contribution in [0, 0.1) is 0 Å². The molecule has 0 unspecified atom stereocenters. The standard InChI is InChI=1S/C24H19ClF3N3O3S2/c25-17-8-7-13(10-16(17)24(26,27)28)29-19(32)12-35-23-30-21-20(15-5-1-2-6-18(15)36-21)22(33)31(23)11-14-4-3-9-34-14/h3-4,7-10H,1-2,5-6,11-12H2,(H,29,32). The molecule has 5 rings (SSSR count). The number of carbonyl (C=O) groups is 1. The van der Waals surface area contributed by atoms with Gasteiger partial charge in [0.2, 0.25) is 5.91 Å². The van der Waals surface area contributed by atoms with Gasteiger partial charge in [0.1, 0.15) is 10.6 Å². The van der Waals surface area contributed by atoms with Crippen LogP contribution in [0.1, 0.15) is 34.6 Å². The second kappa shape index (κ2) is 9.95. The molecule has 4 aromatic rings. The molecule has 0 bridgehead atoms. The third-order valence-corrected chi connectivity index (χ3v) is 8.31. The van der Waals surface area contributed by atoms with E-state index in [4.69, 9.17) is 21.0 Å². The van der Waals surface area contributed by atoms with Crippen molar-refractivity contribution in [3.63, 3.8) is 0 Å². The number of furan rings is 1. The SMILES string of the molecule is O=C(CSc1nc2sc3c(c2c(=O)n1Cc1ccco1)CCCC3)Nc1ccc(Cl)c(C(F)(F)F)c1. The molecule has 6 nitrogen and oxygen atoms in total. The van der Waals surface area contributed by atoms with Crippen molar-refractivity contribution < 1.29 is 22.4 Å². The molecule has 0 aliphatic heterocycles. The van der Waals surface area contributed by atoms with Crippen molar-refractivity contribution in [2.45, 2.75) is 43.6 Å². The molecule has 0 spiro atoms. The number of fused-ring (bicyclic) bond motifs is 3. The summed E-state index contributed by atoms with van der Waals surface area (Å²) in [5, 5.41) is 2.97. The fourth-order valence-corrected chi connectivity index (χ4v) is 6.50. The number of anilines is 1. The fraction of sp³-hybridized carbons (Fsp3) is 0.292. The molecule has 3 heterocycles. The molecule has 0 saturated carbocycles. The van der Waals surface area contributed by atoms with E-state index in [0.29, 0.717) is 21.1 Å². The second-order valence-electron chi connectivity index (χ2n) is 8.29. The van der Waals surface area contributed by atoms with Crippen molar-refractivity contribution in [2.24, 2.45) is 0 Å². The average Bonchev–Trinajstić information content (AvgIpc) is 3.47. The van der Waals surface area contributed by atoms with Gasteiger partial charge in [-0.05, 0) is 61.6 Å². The number of rotatable bonds is 6. The van der Waals surface area contributed by atoms with Gasteiger partial charge in [0.15, 0.2) is 5.16 Å². The molecule has 188 valence electrons. The highest BCUT2D eigenvalue weighted by atomic mass is 35.5. The van der Waals surface area contributed by atoms with Crippen LogP contribution in [0.4, 0.5) is 18.9 Å². The number of thioether (sulfide) groups is 1. The first-order valence-corrected chi connectivity index (χ1v) is 13.3. The van der Waals surface area contributed by atoms with Crippen molar-refractivity contribution in [3.8, 4) is 0 Å². The average molecular weight is 554 g/mol. The van der Waals surface area contributed by atoms with Crippen molar-refractivity contribution in [2.75, 3.05) is 11.1 Å². The summed E-state index contributed by atoms with van der Waals surface area (Å²) in [5.41, 5.74) is -0.189. The van der Waals surface area contributed by atoms with Crippen LogP contribution in [0.25, 0.3) is 10.2 Å². The third kappa shape index (κ3) is 5.05. The zero-order chi connectivity index (χ0) is 25.4. The smallest absolute Gasteiger partial charge is 0.417 e. The first kappa shape index (κ1) is 24.9. The molecule has 1 aromatic carbocycles. The Bertz CT molecular complexity index is 1500. The lowest BCUT2D eigenvalue weighted by molar-refractivity contribution is -0.137. The zero-order valence-electron chi connectivity index (χ0n) is 18.7. The molecule has 1 aliphatic carbocycles. The predicted octanol–water partition coefficient (Wildman–Crippen LogP) is 6.38. The largest absolute Gasteiger partial charge is 0.467 e. The topological polar surface area (TPSA) is 77.1 Å². The molecule has 0 atom stereocenters. The minimum atomic E-state index is -4.65. The molecular weight excluding hydrogens is 535 g/mol. The van der Waals surface area contributed by atoms with Crippen molar-refractivity contribution in [1.29, 1.82) is 0 Å². The van der Waals surface area contributed by atoms with E-state index in [1.807, 2.05) is 0 Å². The van der Waals surface area contributed by atoms with E-state index in [2.05, 4.69) is 5.32 Å². The van der Waals surface area contributed by atoms with Gasteiger partial charge in [-0.3, -0.25) is 14.2 Å². The normalized spacial score (nSPS) is 13.7. The van der Waals surface area contributed by atoms with Crippen LogP contribution >= 0.6 is 34.7 Å². The number of benzene rings is 1. The van der Waals surface area contributed by atoms with Crippen LogP contribution in [0.2, 0.25) is 5.02 Å². The van der Waals surface area contributed by atoms with Gasteiger partial charge in [-0.2, -0.15) is 13.2 Å².